The van der Waals surface area contributed by atoms with Crippen LogP contribution in [0.3, 0.4) is 0 Å². The molecule has 5 heteroatoms. The number of fused-ring (bicyclic) bond motifs is 1. The van der Waals surface area contributed by atoms with Crippen molar-refractivity contribution in [3.05, 3.63) is 64.7 Å². The lowest BCUT2D eigenvalue weighted by Crippen LogP contribution is -2.30. The van der Waals surface area contributed by atoms with E-state index >= 15 is 0 Å². The molecule has 0 aromatic heterocycles. The number of hydrogen-bond acceptors (Lipinski definition) is 5. The van der Waals surface area contributed by atoms with Crippen LogP contribution in [0.4, 0.5) is 5.69 Å². The van der Waals surface area contributed by atoms with E-state index in [-0.39, 0.29) is 0 Å². The third kappa shape index (κ3) is 3.11. The number of methoxy groups -OCH3 is 2. The maximum Gasteiger partial charge on any atom is 0.337 e. The van der Waals surface area contributed by atoms with Crippen molar-refractivity contribution in [2.75, 3.05) is 25.7 Å². The van der Waals surface area contributed by atoms with Crippen molar-refractivity contribution in [1.82, 2.24) is 0 Å². The molecule has 0 spiro atoms. The van der Waals surface area contributed by atoms with E-state index in [1.807, 2.05) is 12.1 Å². The molecule has 1 aliphatic heterocycles. The van der Waals surface area contributed by atoms with E-state index in [1.165, 1.54) is 31.4 Å². The minimum absolute atomic E-state index is 0.342. The zero-order chi connectivity index (χ0) is 17.1. The number of anilines is 1. The molecule has 0 saturated carbocycles. The summed E-state index contributed by atoms with van der Waals surface area (Å²) in [5, 5.41) is 0. The van der Waals surface area contributed by atoms with Gasteiger partial charge in [-0.1, -0.05) is 24.3 Å². The molecule has 124 valence electrons. The number of benzene rings is 2. The SMILES string of the molecule is COC(=O)c1cc(C(=O)OC)cc(N2CCc3ccccc3C2)c1. The van der Waals surface area contributed by atoms with Gasteiger partial charge in [-0.2, -0.15) is 0 Å². The molecular weight excluding hydrogens is 306 g/mol. The quantitative estimate of drug-likeness (QED) is 0.812. The Labute approximate surface area is 140 Å². The molecule has 5 nitrogen and oxygen atoms in total. The summed E-state index contributed by atoms with van der Waals surface area (Å²) in [4.78, 5) is 26.0. The zero-order valence-corrected chi connectivity index (χ0v) is 13.7. The minimum atomic E-state index is -0.473. The summed E-state index contributed by atoms with van der Waals surface area (Å²) in [6.07, 6.45) is 0.923. The van der Waals surface area contributed by atoms with E-state index in [4.69, 9.17) is 9.47 Å². The van der Waals surface area contributed by atoms with Crippen LogP contribution >= 0.6 is 0 Å². The van der Waals surface area contributed by atoms with E-state index in [1.54, 1.807) is 12.1 Å². The lowest BCUT2D eigenvalue weighted by atomic mass is 9.98. The molecular formula is C19H19NO4. The van der Waals surface area contributed by atoms with Gasteiger partial charge in [0.2, 0.25) is 0 Å². The Bertz CT molecular complexity index is 750. The summed E-state index contributed by atoms with van der Waals surface area (Å²) in [5.41, 5.74) is 4.09. The van der Waals surface area contributed by atoms with Crippen molar-refractivity contribution in [2.24, 2.45) is 0 Å². The van der Waals surface area contributed by atoms with Crippen LogP contribution in [0.2, 0.25) is 0 Å². The van der Waals surface area contributed by atoms with Crippen LogP contribution in [0.15, 0.2) is 42.5 Å². The Morgan fingerprint density at radius 1 is 0.917 bits per heavy atom. The molecule has 0 saturated heterocycles. The fourth-order valence-corrected chi connectivity index (χ4v) is 2.98. The van der Waals surface area contributed by atoms with Crippen LogP contribution in [-0.2, 0) is 22.4 Å². The Morgan fingerprint density at radius 2 is 1.50 bits per heavy atom. The molecule has 0 bridgehead atoms. The van der Waals surface area contributed by atoms with Crippen molar-refractivity contribution in [1.29, 1.82) is 0 Å². The average Bonchev–Trinajstić information content (AvgIpc) is 2.65. The maximum absolute atomic E-state index is 11.9. The van der Waals surface area contributed by atoms with E-state index in [0.29, 0.717) is 11.1 Å². The van der Waals surface area contributed by atoms with Crippen molar-refractivity contribution < 1.29 is 19.1 Å². The fourth-order valence-electron chi connectivity index (χ4n) is 2.98. The van der Waals surface area contributed by atoms with Gasteiger partial charge in [0.1, 0.15) is 0 Å². The number of ether oxygens (including phenoxy) is 2. The Morgan fingerprint density at radius 3 is 2.08 bits per heavy atom. The Hall–Kier alpha value is -2.82. The highest BCUT2D eigenvalue weighted by Crippen LogP contribution is 2.27. The molecule has 0 fully saturated rings. The third-order valence-electron chi connectivity index (χ3n) is 4.26. The predicted molar refractivity (Wildman–Crippen MR) is 90.3 cm³/mol. The molecule has 2 aromatic carbocycles. The summed E-state index contributed by atoms with van der Waals surface area (Å²) >= 11 is 0. The molecule has 0 amide bonds. The van der Waals surface area contributed by atoms with Gasteiger partial charge in [0.15, 0.2) is 0 Å². The standard InChI is InChI=1S/C19H19NO4/c1-23-18(21)15-9-16(19(22)24-2)11-17(10-15)20-8-7-13-5-3-4-6-14(13)12-20/h3-6,9-11H,7-8,12H2,1-2H3. The van der Waals surface area contributed by atoms with E-state index in [9.17, 15) is 9.59 Å². The van der Waals surface area contributed by atoms with Gasteiger partial charge in [0.25, 0.3) is 0 Å². The van der Waals surface area contributed by atoms with Gasteiger partial charge in [-0.15, -0.1) is 0 Å². The normalized spacial score (nSPS) is 13.2. The molecule has 1 heterocycles. The largest absolute Gasteiger partial charge is 0.465 e. The molecule has 24 heavy (non-hydrogen) atoms. The number of rotatable bonds is 3. The molecule has 3 rings (SSSR count). The molecule has 2 aromatic rings. The van der Waals surface area contributed by atoms with E-state index in [2.05, 4.69) is 17.0 Å². The lowest BCUT2D eigenvalue weighted by Gasteiger charge is -2.31. The van der Waals surface area contributed by atoms with Crippen molar-refractivity contribution in [3.8, 4) is 0 Å². The number of carbonyl (C=O) groups excluding carboxylic acids is 2. The molecule has 0 aliphatic carbocycles. The second-order valence-corrected chi connectivity index (χ2v) is 5.69. The van der Waals surface area contributed by atoms with Gasteiger partial charge in [0.05, 0.1) is 25.3 Å². The number of hydrogen-bond donors (Lipinski definition) is 0. The van der Waals surface area contributed by atoms with Gasteiger partial charge < -0.3 is 14.4 Å². The van der Waals surface area contributed by atoms with Crippen LogP contribution < -0.4 is 4.90 Å². The highest BCUT2D eigenvalue weighted by atomic mass is 16.5. The summed E-state index contributed by atoms with van der Waals surface area (Å²) in [6.45, 7) is 1.56. The fraction of sp³-hybridized carbons (Fsp3) is 0.263. The molecule has 0 radical (unpaired) electrons. The lowest BCUT2D eigenvalue weighted by molar-refractivity contribution is 0.0599. The van der Waals surface area contributed by atoms with Crippen LogP contribution in [0.5, 0.6) is 0 Å². The van der Waals surface area contributed by atoms with Crippen molar-refractivity contribution >= 4 is 17.6 Å². The van der Waals surface area contributed by atoms with Gasteiger partial charge in [-0.3, -0.25) is 0 Å². The smallest absolute Gasteiger partial charge is 0.337 e. The predicted octanol–water partition coefficient (Wildman–Crippen LogP) is 2.82. The number of nitrogens with zero attached hydrogens (tertiary/aromatic N) is 1. The number of esters is 2. The Kier molecular flexibility index (Phi) is 4.51. The zero-order valence-electron chi connectivity index (χ0n) is 13.7. The first-order chi connectivity index (χ1) is 11.6. The highest BCUT2D eigenvalue weighted by molar-refractivity contribution is 5.97. The molecule has 0 N–H and O–H groups in total. The first-order valence-electron chi connectivity index (χ1n) is 7.76. The van der Waals surface area contributed by atoms with Crippen LogP contribution in [-0.4, -0.2) is 32.7 Å². The summed E-state index contributed by atoms with van der Waals surface area (Å²) in [6, 6.07) is 13.3. The van der Waals surface area contributed by atoms with Crippen LogP contribution in [0.25, 0.3) is 0 Å². The van der Waals surface area contributed by atoms with Crippen molar-refractivity contribution in [3.63, 3.8) is 0 Å². The van der Waals surface area contributed by atoms with Gasteiger partial charge >= 0.3 is 11.9 Å². The third-order valence-corrected chi connectivity index (χ3v) is 4.26. The molecule has 0 atom stereocenters. The minimum Gasteiger partial charge on any atom is -0.465 e. The first kappa shape index (κ1) is 16.1. The van der Waals surface area contributed by atoms with Crippen LogP contribution in [0.1, 0.15) is 31.8 Å². The number of carbonyl (C=O) groups is 2. The summed E-state index contributed by atoms with van der Waals surface area (Å²) < 4.78 is 9.59. The first-order valence-corrected chi connectivity index (χ1v) is 7.76. The Balaban J connectivity index is 1.98. The maximum atomic E-state index is 11.9. The topological polar surface area (TPSA) is 55.8 Å². The highest BCUT2D eigenvalue weighted by Gasteiger charge is 2.20. The second kappa shape index (κ2) is 6.74. The molecule has 0 unspecified atom stereocenters. The van der Waals surface area contributed by atoms with Crippen molar-refractivity contribution in [2.45, 2.75) is 13.0 Å². The van der Waals surface area contributed by atoms with E-state index in [0.717, 1.165) is 25.2 Å². The van der Waals surface area contributed by atoms with E-state index < -0.39 is 11.9 Å². The second-order valence-electron chi connectivity index (χ2n) is 5.69. The van der Waals surface area contributed by atoms with Gasteiger partial charge in [-0.25, -0.2) is 9.59 Å². The monoisotopic (exact) mass is 325 g/mol. The molecule has 1 aliphatic rings. The van der Waals surface area contributed by atoms with Gasteiger partial charge in [0, 0.05) is 18.8 Å². The van der Waals surface area contributed by atoms with Crippen LogP contribution in [0, 0.1) is 0 Å². The summed E-state index contributed by atoms with van der Waals surface area (Å²) in [5.74, 6) is -0.946. The summed E-state index contributed by atoms with van der Waals surface area (Å²) in [7, 11) is 2.65. The average molecular weight is 325 g/mol. The van der Waals surface area contributed by atoms with Gasteiger partial charge in [-0.05, 0) is 35.7 Å².